The minimum Gasteiger partial charge on any atom is -0.398 e. The maximum absolute atomic E-state index is 12.7. The van der Waals surface area contributed by atoms with Gasteiger partial charge in [0.25, 0.3) is 5.91 Å². The van der Waals surface area contributed by atoms with Gasteiger partial charge in [-0.05, 0) is 29.8 Å². The van der Waals surface area contributed by atoms with Crippen LogP contribution < -0.4 is 21.9 Å². The molecule has 2 aromatic rings. The zero-order valence-corrected chi connectivity index (χ0v) is 14.7. The summed E-state index contributed by atoms with van der Waals surface area (Å²) in [6.07, 6.45) is 0.377. The molecule has 0 saturated carbocycles. The van der Waals surface area contributed by atoms with Gasteiger partial charge in [-0.1, -0.05) is 40.2 Å². The molecule has 0 unspecified atom stereocenters. The van der Waals surface area contributed by atoms with Gasteiger partial charge >= 0.3 is 0 Å². The summed E-state index contributed by atoms with van der Waals surface area (Å²) >= 11 is 3.41. The molecule has 1 spiro atoms. The number of rotatable bonds is 2. The second-order valence-electron chi connectivity index (χ2n) is 5.87. The number of hydrazone groups is 2. The first-order chi connectivity index (χ1) is 12.1. The van der Waals surface area contributed by atoms with Gasteiger partial charge in [0, 0.05) is 22.1 Å². The van der Waals surface area contributed by atoms with Crippen molar-refractivity contribution in [3.8, 4) is 0 Å². The Kier molecular flexibility index (Phi) is 3.69. The number of nitrogens with one attached hydrogen (secondary N) is 3. The molecule has 0 aromatic heterocycles. The third kappa shape index (κ3) is 2.74. The van der Waals surface area contributed by atoms with Crippen LogP contribution in [0.15, 0.2) is 63.2 Å². The molecule has 4 rings (SSSR count). The lowest BCUT2D eigenvalue weighted by Crippen LogP contribution is -2.65. The summed E-state index contributed by atoms with van der Waals surface area (Å²) in [5.74, 6) is 0.143. The number of amides is 1. The zero-order chi connectivity index (χ0) is 17.4. The van der Waals surface area contributed by atoms with E-state index in [-0.39, 0.29) is 5.91 Å². The van der Waals surface area contributed by atoms with E-state index in [9.17, 15) is 4.79 Å². The normalized spacial score (nSPS) is 21.9. The maximum Gasteiger partial charge on any atom is 0.275 e. The molecular formula is C17H15BrN6O. The van der Waals surface area contributed by atoms with Crippen molar-refractivity contribution in [2.75, 3.05) is 5.73 Å². The SMILES string of the molecule is Nc1ccccc1C1=NN[C@]2(CC(c3ccc(Br)cc3)=NN2)C(=O)N1. The highest BCUT2D eigenvalue weighted by atomic mass is 79.9. The van der Waals surface area contributed by atoms with E-state index >= 15 is 0 Å². The fourth-order valence-corrected chi connectivity index (χ4v) is 3.05. The smallest absolute Gasteiger partial charge is 0.275 e. The molecule has 1 atom stereocenters. The van der Waals surface area contributed by atoms with Crippen molar-refractivity contribution in [2.24, 2.45) is 10.2 Å². The topological polar surface area (TPSA) is 104 Å². The van der Waals surface area contributed by atoms with Gasteiger partial charge in [0.05, 0.1) is 5.71 Å². The quantitative estimate of drug-likeness (QED) is 0.575. The Morgan fingerprint density at radius 1 is 1.04 bits per heavy atom. The van der Waals surface area contributed by atoms with E-state index in [2.05, 4.69) is 42.3 Å². The number of anilines is 1. The number of amidine groups is 1. The van der Waals surface area contributed by atoms with Gasteiger partial charge in [0.1, 0.15) is 0 Å². The van der Waals surface area contributed by atoms with Crippen LogP contribution in [0.25, 0.3) is 0 Å². The molecule has 2 aliphatic rings. The zero-order valence-electron chi connectivity index (χ0n) is 13.1. The van der Waals surface area contributed by atoms with Crippen LogP contribution in [-0.2, 0) is 4.79 Å². The number of para-hydroxylation sites is 1. The Labute approximate surface area is 152 Å². The van der Waals surface area contributed by atoms with Crippen LogP contribution in [0.4, 0.5) is 5.69 Å². The lowest BCUT2D eigenvalue weighted by Gasteiger charge is -2.31. The van der Waals surface area contributed by atoms with Gasteiger partial charge in [-0.3, -0.25) is 15.6 Å². The summed E-state index contributed by atoms with van der Waals surface area (Å²) in [4.78, 5) is 12.7. The van der Waals surface area contributed by atoms with Crippen LogP contribution >= 0.6 is 15.9 Å². The average Bonchev–Trinajstić information content (AvgIpc) is 3.04. The van der Waals surface area contributed by atoms with Gasteiger partial charge < -0.3 is 11.1 Å². The van der Waals surface area contributed by atoms with Crippen LogP contribution in [-0.4, -0.2) is 23.1 Å². The van der Waals surface area contributed by atoms with Crippen molar-refractivity contribution in [3.63, 3.8) is 0 Å². The van der Waals surface area contributed by atoms with Crippen molar-refractivity contribution >= 4 is 39.1 Å². The molecule has 0 aliphatic carbocycles. The number of carbonyl (C=O) groups excluding carboxylic acids is 1. The van der Waals surface area contributed by atoms with Crippen molar-refractivity contribution in [2.45, 2.75) is 12.1 Å². The van der Waals surface area contributed by atoms with Crippen LogP contribution in [0.1, 0.15) is 17.5 Å². The van der Waals surface area contributed by atoms with Crippen molar-refractivity contribution in [1.82, 2.24) is 16.2 Å². The highest BCUT2D eigenvalue weighted by Crippen LogP contribution is 2.23. The summed E-state index contributed by atoms with van der Waals surface area (Å²) in [6.45, 7) is 0. The molecular weight excluding hydrogens is 384 g/mol. The first-order valence-electron chi connectivity index (χ1n) is 7.68. The monoisotopic (exact) mass is 398 g/mol. The molecule has 126 valence electrons. The molecule has 0 saturated heterocycles. The average molecular weight is 399 g/mol. The molecule has 0 fully saturated rings. The molecule has 2 heterocycles. The summed E-state index contributed by atoms with van der Waals surface area (Å²) in [6, 6.07) is 15.0. The first-order valence-corrected chi connectivity index (χ1v) is 8.48. The van der Waals surface area contributed by atoms with Gasteiger partial charge in [-0.2, -0.15) is 10.2 Å². The predicted octanol–water partition coefficient (Wildman–Crippen LogP) is 1.51. The number of benzene rings is 2. The Balaban J connectivity index is 1.57. The molecule has 2 aromatic carbocycles. The highest BCUT2D eigenvalue weighted by molar-refractivity contribution is 9.10. The minimum atomic E-state index is -1.09. The maximum atomic E-state index is 12.7. The first kappa shape index (κ1) is 15.6. The van der Waals surface area contributed by atoms with E-state index in [4.69, 9.17) is 5.73 Å². The van der Waals surface area contributed by atoms with Gasteiger partial charge in [-0.15, -0.1) is 0 Å². The Bertz CT molecular complexity index is 908. The lowest BCUT2D eigenvalue weighted by molar-refractivity contribution is -0.127. The van der Waals surface area contributed by atoms with Crippen molar-refractivity contribution in [3.05, 3.63) is 64.1 Å². The van der Waals surface area contributed by atoms with E-state index in [0.29, 0.717) is 23.5 Å². The van der Waals surface area contributed by atoms with Gasteiger partial charge in [0.2, 0.25) is 5.66 Å². The van der Waals surface area contributed by atoms with Crippen molar-refractivity contribution in [1.29, 1.82) is 0 Å². The number of nitrogens with zero attached hydrogens (tertiary/aromatic N) is 2. The highest BCUT2D eigenvalue weighted by Gasteiger charge is 2.46. The van der Waals surface area contributed by atoms with Crippen LogP contribution in [0, 0.1) is 0 Å². The number of carbonyl (C=O) groups is 1. The second kappa shape index (κ2) is 5.89. The van der Waals surface area contributed by atoms with Gasteiger partial charge in [0.15, 0.2) is 5.84 Å². The summed E-state index contributed by atoms with van der Waals surface area (Å²) in [5, 5.41) is 11.4. The molecule has 0 bridgehead atoms. The predicted molar refractivity (Wildman–Crippen MR) is 99.8 cm³/mol. The third-order valence-electron chi connectivity index (χ3n) is 4.19. The van der Waals surface area contributed by atoms with E-state index in [1.807, 2.05) is 36.4 Å². The standard InChI is InChI=1S/C17H15BrN6O/c18-11-7-5-10(6-8-11)14-9-17(23-21-14)16(25)20-15(22-24-17)12-3-1-2-4-13(12)19/h1-8,23-24H,9,19H2,(H,20,22,25)/t17-/m1/s1. The molecule has 0 radical (unpaired) electrons. The van der Waals surface area contributed by atoms with E-state index < -0.39 is 5.66 Å². The summed E-state index contributed by atoms with van der Waals surface area (Å²) < 4.78 is 0.987. The molecule has 1 amide bonds. The van der Waals surface area contributed by atoms with Gasteiger partial charge in [-0.25, -0.2) is 0 Å². The lowest BCUT2D eigenvalue weighted by atomic mass is 9.98. The van der Waals surface area contributed by atoms with Crippen LogP contribution in [0.5, 0.6) is 0 Å². The number of nitrogen functional groups attached to an aromatic ring is 1. The molecule has 2 aliphatic heterocycles. The van der Waals surface area contributed by atoms with Crippen molar-refractivity contribution < 1.29 is 4.79 Å². The minimum absolute atomic E-state index is 0.253. The fourth-order valence-electron chi connectivity index (χ4n) is 2.78. The Morgan fingerprint density at radius 2 is 1.76 bits per heavy atom. The fraction of sp³-hybridized carbons (Fsp3) is 0.118. The second-order valence-corrected chi connectivity index (χ2v) is 6.79. The van der Waals surface area contributed by atoms with E-state index in [1.165, 1.54) is 0 Å². The van der Waals surface area contributed by atoms with Crippen LogP contribution in [0.2, 0.25) is 0 Å². The van der Waals surface area contributed by atoms with Crippen LogP contribution in [0.3, 0.4) is 0 Å². The van der Waals surface area contributed by atoms with E-state index in [1.54, 1.807) is 12.1 Å². The third-order valence-corrected chi connectivity index (χ3v) is 4.71. The Hall–Kier alpha value is -2.87. The molecule has 25 heavy (non-hydrogen) atoms. The largest absolute Gasteiger partial charge is 0.398 e. The summed E-state index contributed by atoms with van der Waals surface area (Å²) in [7, 11) is 0. The molecule has 5 N–H and O–H groups in total. The van der Waals surface area contributed by atoms with E-state index in [0.717, 1.165) is 15.7 Å². The summed E-state index contributed by atoms with van der Waals surface area (Å²) in [5.41, 5.74) is 13.6. The number of hydrogen-bond donors (Lipinski definition) is 4. The molecule has 7 nitrogen and oxygen atoms in total. The molecule has 8 heteroatoms. The number of halogens is 1. The Morgan fingerprint density at radius 3 is 2.48 bits per heavy atom. The number of hydrogen-bond acceptors (Lipinski definition) is 6. The number of nitrogens with two attached hydrogens (primary N) is 1.